The van der Waals surface area contributed by atoms with Crippen molar-refractivity contribution in [3.8, 4) is 0 Å². The Morgan fingerprint density at radius 3 is 2.10 bits per heavy atom. The van der Waals surface area contributed by atoms with Gasteiger partial charge in [0.05, 0.1) is 19.3 Å². The molecule has 0 unspecified atom stereocenters. The Bertz CT molecular complexity index is 358. The van der Waals surface area contributed by atoms with E-state index in [2.05, 4.69) is 14.4 Å². The molecule has 5 N–H and O–H groups in total. The third kappa shape index (κ3) is 6.81. The molecule has 0 aliphatic heterocycles. The van der Waals surface area contributed by atoms with E-state index in [1.165, 1.54) is 0 Å². The number of rotatable bonds is 10. The minimum Gasteiger partial charge on any atom is -0.394 e. The molecule has 0 saturated heterocycles. The summed E-state index contributed by atoms with van der Waals surface area (Å²) in [5.74, 6) is -0.533. The maximum absolute atomic E-state index is 11.6. The molecule has 0 spiro atoms. The number of aliphatic hydroxyl groups is 4. The van der Waals surface area contributed by atoms with Crippen LogP contribution < -0.4 is 5.32 Å². The lowest BCUT2D eigenvalue weighted by Crippen LogP contribution is -2.54. The average molecular weight is 331 g/mol. The van der Waals surface area contributed by atoms with E-state index in [-0.39, 0.29) is 0 Å². The van der Waals surface area contributed by atoms with Crippen LogP contribution in [0.1, 0.15) is 6.92 Å². The number of carbonyl (C=O) groups is 1. The number of carbonyl (C=O) groups excluding carboxylic acids is 1. The highest BCUT2D eigenvalue weighted by Gasteiger charge is 2.33. The van der Waals surface area contributed by atoms with Crippen molar-refractivity contribution in [3.05, 3.63) is 0 Å². The molecule has 0 aromatic heterocycles. The molecule has 4 atom stereocenters. The van der Waals surface area contributed by atoms with Crippen LogP contribution in [0.2, 0.25) is 0 Å². The maximum atomic E-state index is 11.6. The van der Waals surface area contributed by atoms with E-state index >= 15 is 0 Å². The Labute approximate surface area is 122 Å². The van der Waals surface area contributed by atoms with Crippen LogP contribution in [0.5, 0.6) is 0 Å². The molecule has 0 radical (unpaired) electrons. The van der Waals surface area contributed by atoms with E-state index in [1.807, 2.05) is 0 Å². The first-order chi connectivity index (χ1) is 9.70. The van der Waals surface area contributed by atoms with E-state index in [0.717, 1.165) is 21.1 Å². The molecule has 21 heavy (non-hydrogen) atoms. The van der Waals surface area contributed by atoms with Gasteiger partial charge in [-0.1, -0.05) is 0 Å². The molecular weight excluding hydrogens is 309 g/mol. The molecule has 0 aliphatic carbocycles. The summed E-state index contributed by atoms with van der Waals surface area (Å²) in [6.07, 6.45) is -5.08. The predicted molar refractivity (Wildman–Crippen MR) is 70.3 cm³/mol. The van der Waals surface area contributed by atoms with Gasteiger partial charge in [-0.25, -0.2) is 4.57 Å². The lowest BCUT2D eigenvalue weighted by molar-refractivity contribution is -0.124. The van der Waals surface area contributed by atoms with Gasteiger partial charge in [0.25, 0.3) is 0 Å². The van der Waals surface area contributed by atoms with Gasteiger partial charge in [0, 0.05) is 21.1 Å². The minimum atomic E-state index is -3.83. The molecule has 0 heterocycles. The second-order valence-corrected chi connectivity index (χ2v) is 6.03. The van der Waals surface area contributed by atoms with Crippen LogP contribution in [-0.4, -0.2) is 78.1 Å². The van der Waals surface area contributed by atoms with Gasteiger partial charge < -0.3 is 25.7 Å². The first-order valence-electron chi connectivity index (χ1n) is 5.99. The molecule has 11 heteroatoms. The zero-order valence-electron chi connectivity index (χ0n) is 12.0. The Morgan fingerprint density at radius 1 is 1.19 bits per heavy atom. The molecule has 10 nitrogen and oxygen atoms in total. The van der Waals surface area contributed by atoms with Crippen LogP contribution >= 0.6 is 7.82 Å². The first-order valence-corrected chi connectivity index (χ1v) is 7.45. The fourth-order valence-electron chi connectivity index (χ4n) is 1.41. The van der Waals surface area contributed by atoms with Crippen molar-refractivity contribution in [1.82, 2.24) is 5.32 Å². The van der Waals surface area contributed by atoms with Crippen LogP contribution in [-0.2, 0) is 22.9 Å². The number of hydrogen-bond acceptors (Lipinski definition) is 9. The number of phosphoric ester groups is 1. The quantitative estimate of drug-likeness (QED) is 0.285. The number of amides is 1. The van der Waals surface area contributed by atoms with Crippen LogP contribution in [0.25, 0.3) is 0 Å². The van der Waals surface area contributed by atoms with Gasteiger partial charge in [0.2, 0.25) is 5.91 Å². The molecule has 126 valence electrons. The summed E-state index contributed by atoms with van der Waals surface area (Å²) in [6, 6.07) is -1.18. The highest BCUT2D eigenvalue weighted by atomic mass is 31.2. The van der Waals surface area contributed by atoms with Gasteiger partial charge in [0.1, 0.15) is 18.3 Å². The zero-order chi connectivity index (χ0) is 16.6. The lowest BCUT2D eigenvalue weighted by atomic mass is 10.0. The van der Waals surface area contributed by atoms with Crippen molar-refractivity contribution in [2.24, 2.45) is 0 Å². The number of phosphoric acid groups is 1. The van der Waals surface area contributed by atoms with Gasteiger partial charge >= 0.3 is 7.82 Å². The van der Waals surface area contributed by atoms with E-state index in [0.29, 0.717) is 0 Å². The molecule has 0 aromatic carbocycles. The summed E-state index contributed by atoms with van der Waals surface area (Å²) < 4.78 is 25.2. The topological polar surface area (TPSA) is 155 Å². The highest BCUT2D eigenvalue weighted by Crippen LogP contribution is 2.47. The Balaban J connectivity index is 4.57. The summed E-state index contributed by atoms with van der Waals surface area (Å²) in [5, 5.41) is 40.4. The van der Waals surface area contributed by atoms with Gasteiger partial charge in [-0.2, -0.15) is 0 Å². The summed E-state index contributed by atoms with van der Waals surface area (Å²) >= 11 is 0. The van der Waals surface area contributed by atoms with Gasteiger partial charge in [-0.3, -0.25) is 18.4 Å². The zero-order valence-corrected chi connectivity index (χ0v) is 12.9. The molecule has 0 saturated carbocycles. The van der Waals surface area contributed by atoms with Crippen molar-refractivity contribution in [1.29, 1.82) is 0 Å². The standard InChI is InChI=1S/C10H22NO9P/c1-6(13)11-7(4-12)9(15)10(16)8(14)5-20-21(17,18-2)19-3/h7-10,12,14-16H,4-5H2,1-3H3,(H,11,13)/t7-,8+,9+,10+/m0/s1. The van der Waals surface area contributed by atoms with Gasteiger partial charge in [-0.05, 0) is 0 Å². The number of hydrogen-bond donors (Lipinski definition) is 5. The fourth-order valence-corrected chi connectivity index (χ4v) is 2.11. The Kier molecular flexibility index (Phi) is 9.18. The second-order valence-electron chi connectivity index (χ2n) is 4.15. The smallest absolute Gasteiger partial charge is 0.394 e. The third-order valence-corrected chi connectivity index (χ3v) is 3.95. The summed E-state index contributed by atoms with van der Waals surface area (Å²) in [5.41, 5.74) is 0. The average Bonchev–Trinajstić information content (AvgIpc) is 2.48. The van der Waals surface area contributed by atoms with Crippen LogP contribution in [0.3, 0.4) is 0 Å². The summed E-state index contributed by atoms with van der Waals surface area (Å²) in [7, 11) is -1.69. The van der Waals surface area contributed by atoms with E-state index in [4.69, 9.17) is 9.63 Å². The van der Waals surface area contributed by atoms with Crippen molar-refractivity contribution in [2.45, 2.75) is 31.3 Å². The second kappa shape index (κ2) is 9.44. The molecule has 0 bridgehead atoms. The lowest BCUT2D eigenvalue weighted by Gasteiger charge is -2.29. The molecule has 0 rings (SSSR count). The molecule has 1 amide bonds. The SMILES string of the molecule is COP(=O)(OC)OC[C@@H](O)[C@@H](O)[C@H](O)[C@H](CO)NC(C)=O. The normalized spacial score (nSPS) is 17.9. The molecule has 0 aliphatic rings. The Hall–Kier alpha value is -0.580. The number of aliphatic hydroxyl groups excluding tert-OH is 4. The monoisotopic (exact) mass is 331 g/mol. The van der Waals surface area contributed by atoms with Gasteiger partial charge in [0.15, 0.2) is 0 Å². The first kappa shape index (κ1) is 20.4. The van der Waals surface area contributed by atoms with Crippen molar-refractivity contribution < 1.29 is 43.4 Å². The maximum Gasteiger partial charge on any atom is 0.474 e. The fraction of sp³-hybridized carbons (Fsp3) is 0.900. The molecule has 0 aromatic rings. The highest BCUT2D eigenvalue weighted by molar-refractivity contribution is 7.48. The largest absolute Gasteiger partial charge is 0.474 e. The van der Waals surface area contributed by atoms with E-state index < -0.39 is 51.3 Å². The van der Waals surface area contributed by atoms with Crippen LogP contribution in [0.4, 0.5) is 0 Å². The third-order valence-electron chi connectivity index (χ3n) is 2.59. The van der Waals surface area contributed by atoms with Crippen LogP contribution in [0.15, 0.2) is 0 Å². The van der Waals surface area contributed by atoms with E-state index in [9.17, 15) is 24.7 Å². The van der Waals surface area contributed by atoms with Crippen molar-refractivity contribution >= 4 is 13.7 Å². The minimum absolute atomic E-state index is 0.533. The predicted octanol–water partition coefficient (Wildman–Crippen LogP) is -2.02. The van der Waals surface area contributed by atoms with Crippen LogP contribution in [0, 0.1) is 0 Å². The summed E-state index contributed by atoms with van der Waals surface area (Å²) in [4.78, 5) is 10.9. The van der Waals surface area contributed by atoms with Gasteiger partial charge in [-0.15, -0.1) is 0 Å². The van der Waals surface area contributed by atoms with E-state index in [1.54, 1.807) is 0 Å². The summed E-state index contributed by atoms with van der Waals surface area (Å²) in [6.45, 7) is -0.149. The number of nitrogens with one attached hydrogen (secondary N) is 1. The Morgan fingerprint density at radius 2 is 1.71 bits per heavy atom. The molecule has 0 fully saturated rings. The van der Waals surface area contributed by atoms with Crippen molar-refractivity contribution in [3.63, 3.8) is 0 Å². The molecular formula is C10H22NO9P. The van der Waals surface area contributed by atoms with Crippen molar-refractivity contribution in [2.75, 3.05) is 27.4 Å².